The van der Waals surface area contributed by atoms with E-state index in [0.717, 1.165) is 13.2 Å². The Balaban J connectivity index is 2.31. The second kappa shape index (κ2) is 7.29. The molecule has 96 valence electrons. The molecule has 0 aliphatic heterocycles. The van der Waals surface area contributed by atoms with Gasteiger partial charge < -0.3 is 9.47 Å². The van der Waals surface area contributed by atoms with Crippen LogP contribution in [0.15, 0.2) is 0 Å². The third-order valence-electron chi connectivity index (χ3n) is 2.93. The van der Waals surface area contributed by atoms with Gasteiger partial charge >= 0.3 is 0 Å². The molecule has 1 aliphatic carbocycles. The van der Waals surface area contributed by atoms with E-state index in [1.807, 2.05) is 0 Å². The van der Waals surface area contributed by atoms with Gasteiger partial charge in [-0.25, -0.2) is 0 Å². The van der Waals surface area contributed by atoms with E-state index in [-0.39, 0.29) is 0 Å². The molecular formula is C14H28O2. The standard InChI is InChI=1S/C14H28O2/c1-11(2)9-15-13-7-5-6-8-14(13)16-10-12(3)4/h11-14H,5-10H2,1-4H3. The number of ether oxygens (including phenoxy) is 2. The quantitative estimate of drug-likeness (QED) is 0.691. The second-order valence-electron chi connectivity index (χ2n) is 5.82. The fourth-order valence-electron chi connectivity index (χ4n) is 2.08. The summed E-state index contributed by atoms with van der Waals surface area (Å²) in [5.41, 5.74) is 0. The zero-order valence-electron chi connectivity index (χ0n) is 11.4. The summed E-state index contributed by atoms with van der Waals surface area (Å²) in [7, 11) is 0. The lowest BCUT2D eigenvalue weighted by molar-refractivity contribution is -0.102. The van der Waals surface area contributed by atoms with Gasteiger partial charge in [-0.15, -0.1) is 0 Å². The van der Waals surface area contributed by atoms with E-state index in [9.17, 15) is 0 Å². The number of hydrogen-bond donors (Lipinski definition) is 0. The monoisotopic (exact) mass is 228 g/mol. The molecule has 1 rings (SSSR count). The highest BCUT2D eigenvalue weighted by atomic mass is 16.5. The Bertz CT molecular complexity index is 158. The number of rotatable bonds is 6. The van der Waals surface area contributed by atoms with Gasteiger partial charge in [0.2, 0.25) is 0 Å². The predicted molar refractivity (Wildman–Crippen MR) is 67.6 cm³/mol. The van der Waals surface area contributed by atoms with E-state index < -0.39 is 0 Å². The van der Waals surface area contributed by atoms with Crippen LogP contribution in [0, 0.1) is 11.8 Å². The Labute approximate surface area is 101 Å². The Kier molecular flexibility index (Phi) is 6.37. The average Bonchev–Trinajstić information content (AvgIpc) is 2.24. The summed E-state index contributed by atoms with van der Waals surface area (Å²) in [5, 5.41) is 0. The van der Waals surface area contributed by atoms with Crippen molar-refractivity contribution in [1.82, 2.24) is 0 Å². The molecular weight excluding hydrogens is 200 g/mol. The highest BCUT2D eigenvalue weighted by Gasteiger charge is 2.26. The molecule has 16 heavy (non-hydrogen) atoms. The molecule has 0 N–H and O–H groups in total. The molecule has 0 aromatic heterocycles. The van der Waals surface area contributed by atoms with Crippen LogP contribution in [0.25, 0.3) is 0 Å². The zero-order chi connectivity index (χ0) is 12.0. The Morgan fingerprint density at radius 2 is 1.19 bits per heavy atom. The molecule has 0 radical (unpaired) electrons. The Hall–Kier alpha value is -0.0800. The van der Waals surface area contributed by atoms with Crippen molar-refractivity contribution in [1.29, 1.82) is 0 Å². The predicted octanol–water partition coefficient (Wildman–Crippen LogP) is 3.64. The minimum absolute atomic E-state index is 0.342. The highest BCUT2D eigenvalue weighted by molar-refractivity contribution is 4.77. The topological polar surface area (TPSA) is 18.5 Å². The zero-order valence-corrected chi connectivity index (χ0v) is 11.4. The molecule has 1 fully saturated rings. The van der Waals surface area contributed by atoms with Crippen molar-refractivity contribution in [3.63, 3.8) is 0 Å². The van der Waals surface area contributed by atoms with Gasteiger partial charge in [-0.2, -0.15) is 0 Å². The van der Waals surface area contributed by atoms with Crippen molar-refractivity contribution in [2.45, 2.75) is 65.6 Å². The van der Waals surface area contributed by atoms with Crippen LogP contribution in [0.1, 0.15) is 53.4 Å². The lowest BCUT2D eigenvalue weighted by Crippen LogP contribution is -2.36. The van der Waals surface area contributed by atoms with Gasteiger partial charge in [-0.1, -0.05) is 40.5 Å². The molecule has 2 heteroatoms. The van der Waals surface area contributed by atoms with Crippen LogP contribution >= 0.6 is 0 Å². The maximum absolute atomic E-state index is 5.96. The van der Waals surface area contributed by atoms with Gasteiger partial charge in [-0.3, -0.25) is 0 Å². The SMILES string of the molecule is CC(C)COC1CCCCC1OCC(C)C. The first-order valence-electron chi connectivity index (χ1n) is 6.82. The van der Waals surface area contributed by atoms with Gasteiger partial charge in [0.15, 0.2) is 0 Å². The molecule has 1 saturated carbocycles. The van der Waals surface area contributed by atoms with Crippen molar-refractivity contribution in [3.05, 3.63) is 0 Å². The fourth-order valence-corrected chi connectivity index (χ4v) is 2.08. The molecule has 0 spiro atoms. The van der Waals surface area contributed by atoms with Crippen LogP contribution in [0.3, 0.4) is 0 Å². The molecule has 2 unspecified atom stereocenters. The van der Waals surface area contributed by atoms with Gasteiger partial charge in [-0.05, 0) is 24.7 Å². The van der Waals surface area contributed by atoms with Crippen LogP contribution in [0.4, 0.5) is 0 Å². The summed E-state index contributed by atoms with van der Waals surface area (Å²) in [6.07, 6.45) is 5.63. The average molecular weight is 228 g/mol. The molecule has 0 aromatic carbocycles. The summed E-state index contributed by atoms with van der Waals surface area (Å²) in [6, 6.07) is 0. The molecule has 0 aromatic rings. The van der Waals surface area contributed by atoms with Crippen LogP contribution in [0.5, 0.6) is 0 Å². The van der Waals surface area contributed by atoms with Crippen molar-refractivity contribution < 1.29 is 9.47 Å². The van der Waals surface area contributed by atoms with Crippen molar-refractivity contribution in [2.24, 2.45) is 11.8 Å². The highest BCUT2D eigenvalue weighted by Crippen LogP contribution is 2.24. The first-order valence-corrected chi connectivity index (χ1v) is 6.82. The fraction of sp³-hybridized carbons (Fsp3) is 1.00. The van der Waals surface area contributed by atoms with E-state index >= 15 is 0 Å². The lowest BCUT2D eigenvalue weighted by atomic mass is 9.94. The molecule has 2 atom stereocenters. The number of hydrogen-bond acceptors (Lipinski definition) is 2. The smallest absolute Gasteiger partial charge is 0.0836 e. The Morgan fingerprint density at radius 3 is 1.50 bits per heavy atom. The first-order chi connectivity index (χ1) is 7.59. The van der Waals surface area contributed by atoms with Gasteiger partial charge in [0, 0.05) is 13.2 Å². The summed E-state index contributed by atoms with van der Waals surface area (Å²) < 4.78 is 11.9. The largest absolute Gasteiger partial charge is 0.375 e. The van der Waals surface area contributed by atoms with Crippen molar-refractivity contribution in [3.8, 4) is 0 Å². The van der Waals surface area contributed by atoms with E-state index in [0.29, 0.717) is 24.0 Å². The normalized spacial score (nSPS) is 26.6. The summed E-state index contributed by atoms with van der Waals surface area (Å²) in [5.74, 6) is 1.24. The van der Waals surface area contributed by atoms with E-state index in [1.54, 1.807) is 0 Å². The maximum Gasteiger partial charge on any atom is 0.0836 e. The molecule has 0 bridgehead atoms. The third-order valence-corrected chi connectivity index (χ3v) is 2.93. The minimum atomic E-state index is 0.342. The maximum atomic E-state index is 5.96. The van der Waals surface area contributed by atoms with Gasteiger partial charge in [0.1, 0.15) is 0 Å². The summed E-state index contributed by atoms with van der Waals surface area (Å²) in [4.78, 5) is 0. The molecule has 0 heterocycles. The van der Waals surface area contributed by atoms with Crippen LogP contribution in [-0.4, -0.2) is 25.4 Å². The van der Waals surface area contributed by atoms with Gasteiger partial charge in [0.05, 0.1) is 12.2 Å². The van der Waals surface area contributed by atoms with Crippen LogP contribution in [0.2, 0.25) is 0 Å². The van der Waals surface area contributed by atoms with Gasteiger partial charge in [0.25, 0.3) is 0 Å². The third kappa shape index (κ3) is 5.31. The molecule has 2 nitrogen and oxygen atoms in total. The molecule has 1 aliphatic rings. The lowest BCUT2D eigenvalue weighted by Gasteiger charge is -2.32. The Morgan fingerprint density at radius 1 is 0.812 bits per heavy atom. The molecule has 0 saturated heterocycles. The summed E-state index contributed by atoms with van der Waals surface area (Å²) in [6.45, 7) is 10.5. The minimum Gasteiger partial charge on any atom is -0.375 e. The van der Waals surface area contributed by atoms with E-state index in [2.05, 4.69) is 27.7 Å². The van der Waals surface area contributed by atoms with Crippen molar-refractivity contribution in [2.75, 3.05) is 13.2 Å². The second-order valence-corrected chi connectivity index (χ2v) is 5.82. The van der Waals surface area contributed by atoms with E-state index in [1.165, 1.54) is 25.7 Å². The van der Waals surface area contributed by atoms with E-state index in [4.69, 9.17) is 9.47 Å². The van der Waals surface area contributed by atoms with Crippen LogP contribution < -0.4 is 0 Å². The van der Waals surface area contributed by atoms with Crippen molar-refractivity contribution >= 4 is 0 Å². The first kappa shape index (κ1) is 14.0. The summed E-state index contributed by atoms with van der Waals surface area (Å²) >= 11 is 0. The molecule has 0 amide bonds. The van der Waals surface area contributed by atoms with Crippen LogP contribution in [-0.2, 0) is 9.47 Å².